The van der Waals surface area contributed by atoms with Crippen LogP contribution in [0.3, 0.4) is 0 Å². The Bertz CT molecular complexity index is 936. The van der Waals surface area contributed by atoms with Crippen LogP contribution in [-0.2, 0) is 0 Å². The number of ketones is 1. The van der Waals surface area contributed by atoms with E-state index < -0.39 is 5.92 Å². The number of carbonyl (C=O) groups is 1. The van der Waals surface area contributed by atoms with Crippen LogP contribution < -0.4 is 0 Å². The average molecular weight is 301 g/mol. The molecule has 1 atom stereocenters. The van der Waals surface area contributed by atoms with E-state index in [9.17, 15) is 4.79 Å². The number of aromatic amines is 1. The SMILES string of the molecule is O=C(c1ccco1)C(c1ccccc1)c1c[nH]c2ccccc12. The van der Waals surface area contributed by atoms with Gasteiger partial charge in [0.15, 0.2) is 5.76 Å². The van der Waals surface area contributed by atoms with Gasteiger partial charge in [0.05, 0.1) is 12.2 Å². The highest BCUT2D eigenvalue weighted by Crippen LogP contribution is 2.33. The zero-order valence-electron chi connectivity index (χ0n) is 12.4. The standard InChI is InChI=1S/C20H15NO2/c22-20(18-11-6-12-23-18)19(14-7-2-1-3-8-14)16-13-21-17-10-5-4-9-15(16)17/h1-13,19,21H. The summed E-state index contributed by atoms with van der Waals surface area (Å²) in [4.78, 5) is 16.3. The van der Waals surface area contributed by atoms with Crippen molar-refractivity contribution >= 4 is 16.7 Å². The van der Waals surface area contributed by atoms with E-state index in [1.807, 2.05) is 60.8 Å². The predicted molar refractivity (Wildman–Crippen MR) is 89.6 cm³/mol. The summed E-state index contributed by atoms with van der Waals surface area (Å²) in [5.41, 5.74) is 2.95. The Morgan fingerprint density at radius 2 is 1.70 bits per heavy atom. The van der Waals surface area contributed by atoms with E-state index in [1.54, 1.807) is 12.1 Å². The van der Waals surface area contributed by atoms with Crippen LogP contribution in [0.4, 0.5) is 0 Å². The number of benzene rings is 2. The van der Waals surface area contributed by atoms with Crippen molar-refractivity contribution in [3.05, 3.63) is 96.1 Å². The van der Waals surface area contributed by atoms with E-state index in [0.717, 1.165) is 22.0 Å². The fourth-order valence-electron chi connectivity index (χ4n) is 3.01. The predicted octanol–water partition coefficient (Wildman–Crippen LogP) is 4.78. The summed E-state index contributed by atoms with van der Waals surface area (Å²) in [6.07, 6.45) is 3.45. The highest BCUT2D eigenvalue weighted by molar-refractivity contribution is 6.03. The zero-order valence-corrected chi connectivity index (χ0v) is 12.4. The Kier molecular flexibility index (Phi) is 3.31. The molecule has 3 nitrogen and oxygen atoms in total. The van der Waals surface area contributed by atoms with Crippen molar-refractivity contribution in [3.63, 3.8) is 0 Å². The minimum atomic E-state index is -0.390. The number of furan rings is 1. The molecular weight excluding hydrogens is 286 g/mol. The first kappa shape index (κ1) is 13.6. The van der Waals surface area contributed by atoms with Gasteiger partial charge in [-0.1, -0.05) is 48.5 Å². The van der Waals surface area contributed by atoms with E-state index in [0.29, 0.717) is 5.76 Å². The number of fused-ring (bicyclic) bond motifs is 1. The van der Waals surface area contributed by atoms with Gasteiger partial charge in [-0.25, -0.2) is 0 Å². The summed E-state index contributed by atoms with van der Waals surface area (Å²) in [5, 5.41) is 1.06. The lowest BCUT2D eigenvalue weighted by atomic mass is 9.86. The lowest BCUT2D eigenvalue weighted by molar-refractivity contribution is 0.0947. The molecule has 2 aromatic carbocycles. The molecule has 1 unspecified atom stereocenters. The van der Waals surface area contributed by atoms with Crippen molar-refractivity contribution in [2.45, 2.75) is 5.92 Å². The molecule has 0 fully saturated rings. The average Bonchev–Trinajstić information content (AvgIpc) is 3.26. The number of rotatable bonds is 4. The molecule has 112 valence electrons. The van der Waals surface area contributed by atoms with Gasteiger partial charge in [0.2, 0.25) is 5.78 Å². The van der Waals surface area contributed by atoms with Crippen LogP contribution in [0.15, 0.2) is 83.6 Å². The van der Waals surface area contributed by atoms with Crippen molar-refractivity contribution in [2.24, 2.45) is 0 Å². The third kappa shape index (κ3) is 2.36. The van der Waals surface area contributed by atoms with Crippen molar-refractivity contribution in [1.82, 2.24) is 4.98 Å². The van der Waals surface area contributed by atoms with E-state index in [4.69, 9.17) is 4.42 Å². The lowest BCUT2D eigenvalue weighted by Gasteiger charge is -2.15. The van der Waals surface area contributed by atoms with Crippen LogP contribution in [0.5, 0.6) is 0 Å². The molecule has 2 heterocycles. The molecule has 2 aromatic heterocycles. The minimum Gasteiger partial charge on any atom is -0.461 e. The van der Waals surface area contributed by atoms with E-state index in [1.165, 1.54) is 6.26 Å². The molecule has 0 bridgehead atoms. The molecule has 0 aliphatic rings. The molecule has 0 saturated carbocycles. The first-order valence-electron chi connectivity index (χ1n) is 7.53. The third-order valence-electron chi connectivity index (χ3n) is 4.09. The van der Waals surface area contributed by atoms with Crippen molar-refractivity contribution in [1.29, 1.82) is 0 Å². The number of Topliss-reactive ketones (excluding diaryl/α,β-unsaturated/α-hetero) is 1. The first-order valence-corrected chi connectivity index (χ1v) is 7.53. The van der Waals surface area contributed by atoms with Crippen LogP contribution in [0, 0.1) is 0 Å². The molecule has 0 aliphatic carbocycles. The first-order chi connectivity index (χ1) is 11.3. The minimum absolute atomic E-state index is 0.0362. The third-order valence-corrected chi connectivity index (χ3v) is 4.09. The number of carbonyl (C=O) groups excluding carboxylic acids is 1. The van der Waals surface area contributed by atoms with E-state index in [2.05, 4.69) is 4.98 Å². The fraction of sp³-hybridized carbons (Fsp3) is 0.0500. The summed E-state index contributed by atoms with van der Waals surface area (Å²) < 4.78 is 5.35. The lowest BCUT2D eigenvalue weighted by Crippen LogP contribution is -2.13. The number of nitrogens with one attached hydrogen (secondary N) is 1. The molecule has 23 heavy (non-hydrogen) atoms. The number of hydrogen-bond donors (Lipinski definition) is 1. The molecule has 4 rings (SSSR count). The second kappa shape index (κ2) is 5.61. The van der Waals surface area contributed by atoms with Gasteiger partial charge < -0.3 is 9.40 Å². The van der Waals surface area contributed by atoms with Gasteiger partial charge in [-0.05, 0) is 29.3 Å². The topological polar surface area (TPSA) is 46.0 Å². The van der Waals surface area contributed by atoms with Crippen LogP contribution in [0.1, 0.15) is 27.6 Å². The van der Waals surface area contributed by atoms with Crippen LogP contribution >= 0.6 is 0 Å². The smallest absolute Gasteiger partial charge is 0.209 e. The van der Waals surface area contributed by atoms with Gasteiger partial charge in [0.25, 0.3) is 0 Å². The van der Waals surface area contributed by atoms with Gasteiger partial charge in [-0.15, -0.1) is 0 Å². The summed E-state index contributed by atoms with van der Waals surface area (Å²) in [7, 11) is 0. The highest BCUT2D eigenvalue weighted by Gasteiger charge is 2.27. The van der Waals surface area contributed by atoms with Crippen LogP contribution in [0.2, 0.25) is 0 Å². The number of H-pyrrole nitrogens is 1. The van der Waals surface area contributed by atoms with Crippen molar-refractivity contribution < 1.29 is 9.21 Å². The highest BCUT2D eigenvalue weighted by atomic mass is 16.3. The Labute approximate surface area is 133 Å². The molecule has 1 N–H and O–H groups in total. The van der Waals surface area contributed by atoms with Crippen LogP contribution in [-0.4, -0.2) is 10.8 Å². The van der Waals surface area contributed by atoms with Crippen molar-refractivity contribution in [2.75, 3.05) is 0 Å². The molecular formula is C20H15NO2. The molecule has 4 aromatic rings. The number of hydrogen-bond acceptors (Lipinski definition) is 2. The Morgan fingerprint density at radius 1 is 0.913 bits per heavy atom. The number of para-hydroxylation sites is 1. The largest absolute Gasteiger partial charge is 0.461 e. The molecule has 0 amide bonds. The monoisotopic (exact) mass is 301 g/mol. The summed E-state index contributed by atoms with van der Waals surface area (Å²) in [6, 6.07) is 21.3. The maximum atomic E-state index is 13.0. The summed E-state index contributed by atoms with van der Waals surface area (Å²) in [6.45, 7) is 0. The fourth-order valence-corrected chi connectivity index (χ4v) is 3.01. The van der Waals surface area contributed by atoms with Gasteiger partial charge in [-0.3, -0.25) is 4.79 Å². The second-order valence-corrected chi connectivity index (χ2v) is 5.47. The molecule has 0 saturated heterocycles. The quantitative estimate of drug-likeness (QED) is 0.552. The Hall–Kier alpha value is -3.07. The summed E-state index contributed by atoms with van der Waals surface area (Å²) in [5.74, 6) is -0.0476. The number of aromatic nitrogens is 1. The molecule has 3 heteroatoms. The van der Waals surface area contributed by atoms with Gasteiger partial charge in [0.1, 0.15) is 0 Å². The zero-order chi connectivity index (χ0) is 15.6. The van der Waals surface area contributed by atoms with Crippen LogP contribution in [0.25, 0.3) is 10.9 Å². The second-order valence-electron chi connectivity index (χ2n) is 5.47. The maximum absolute atomic E-state index is 13.0. The molecule has 0 aliphatic heterocycles. The molecule has 0 spiro atoms. The Balaban J connectivity index is 1.91. The molecule has 0 radical (unpaired) electrons. The van der Waals surface area contributed by atoms with Gasteiger partial charge in [-0.2, -0.15) is 0 Å². The van der Waals surface area contributed by atoms with Crippen molar-refractivity contribution in [3.8, 4) is 0 Å². The summed E-state index contributed by atoms with van der Waals surface area (Å²) >= 11 is 0. The Morgan fingerprint density at radius 3 is 2.48 bits per heavy atom. The van der Waals surface area contributed by atoms with E-state index in [-0.39, 0.29) is 5.78 Å². The van der Waals surface area contributed by atoms with E-state index >= 15 is 0 Å². The normalized spacial score (nSPS) is 12.3. The maximum Gasteiger partial charge on any atom is 0.209 e. The van der Waals surface area contributed by atoms with Gasteiger partial charge in [0, 0.05) is 17.1 Å². The van der Waals surface area contributed by atoms with Gasteiger partial charge >= 0.3 is 0 Å².